The number of amides is 6. The summed E-state index contributed by atoms with van der Waals surface area (Å²) in [6.45, 7) is 21.0. The van der Waals surface area contributed by atoms with E-state index in [0.29, 0.717) is 12.8 Å². The van der Waals surface area contributed by atoms with Crippen LogP contribution in [-0.4, -0.2) is 71.1 Å². The van der Waals surface area contributed by atoms with Crippen LogP contribution in [0, 0.1) is 17.3 Å². The van der Waals surface area contributed by atoms with Crippen LogP contribution in [0.25, 0.3) is 0 Å². The van der Waals surface area contributed by atoms with Crippen molar-refractivity contribution in [3.8, 4) is 0 Å². The SMILES string of the molecule is C.CC(C)C.CC(NC(=O)NC(C(=O)N1CCC[C@H]1C(=O)NC(C)C(=O)C(N)=O)C(C)(C)C)C(=O)NC(C)(C)c1ccccc1.CC1CC1. The molecular formula is C37H64N6O6. The summed E-state index contributed by atoms with van der Waals surface area (Å²) in [4.78, 5) is 76.6. The quantitative estimate of drug-likeness (QED) is 0.227. The maximum absolute atomic E-state index is 13.6. The van der Waals surface area contributed by atoms with E-state index in [2.05, 4.69) is 49.0 Å². The normalized spacial score (nSPS) is 17.3. The molecule has 1 aliphatic carbocycles. The highest BCUT2D eigenvalue weighted by Gasteiger charge is 2.42. The number of carbonyl (C=O) groups is 6. The number of Topliss-reactive ketones (excluding diaryl/α,β-unsaturated/α-hetero) is 1. The molecule has 0 radical (unpaired) electrons. The summed E-state index contributed by atoms with van der Waals surface area (Å²) in [6.07, 6.45) is 3.87. The van der Waals surface area contributed by atoms with E-state index in [1.54, 1.807) is 27.7 Å². The van der Waals surface area contributed by atoms with Crippen molar-refractivity contribution in [3.63, 3.8) is 0 Å². The fraction of sp³-hybridized carbons (Fsp3) is 0.676. The summed E-state index contributed by atoms with van der Waals surface area (Å²) in [5.74, 6) is -1.66. The third-order valence-electron chi connectivity index (χ3n) is 7.76. The van der Waals surface area contributed by atoms with Gasteiger partial charge in [-0.15, -0.1) is 0 Å². The predicted octanol–water partition coefficient (Wildman–Crippen LogP) is 4.41. The van der Waals surface area contributed by atoms with Gasteiger partial charge >= 0.3 is 6.03 Å². The van der Waals surface area contributed by atoms with Crippen LogP contribution in [0.4, 0.5) is 4.79 Å². The summed E-state index contributed by atoms with van der Waals surface area (Å²) in [6, 6.07) is 4.75. The zero-order valence-corrected chi connectivity index (χ0v) is 30.9. The van der Waals surface area contributed by atoms with Gasteiger partial charge in [0.1, 0.15) is 18.1 Å². The Kier molecular flexibility index (Phi) is 18.3. The molecule has 0 aromatic heterocycles. The lowest BCUT2D eigenvalue weighted by Gasteiger charge is -2.36. The molecule has 6 N–H and O–H groups in total. The van der Waals surface area contributed by atoms with Crippen molar-refractivity contribution >= 4 is 35.4 Å². The zero-order chi connectivity index (χ0) is 37.0. The Morgan fingerprint density at radius 3 is 1.78 bits per heavy atom. The number of nitrogens with zero attached hydrogens (tertiary/aromatic N) is 1. The van der Waals surface area contributed by atoms with Gasteiger partial charge in [-0.2, -0.15) is 0 Å². The number of carbonyl (C=O) groups excluding carboxylic acids is 6. The fourth-order valence-electron chi connectivity index (χ4n) is 4.65. The number of primary amides is 1. The largest absolute Gasteiger partial charge is 0.363 e. The van der Waals surface area contributed by atoms with E-state index in [4.69, 9.17) is 5.73 Å². The summed E-state index contributed by atoms with van der Waals surface area (Å²) in [5, 5.41) is 10.6. The second-order valence-corrected chi connectivity index (χ2v) is 15.2. The van der Waals surface area contributed by atoms with Gasteiger partial charge in [-0.1, -0.05) is 99.1 Å². The van der Waals surface area contributed by atoms with E-state index in [9.17, 15) is 28.8 Å². The second-order valence-electron chi connectivity index (χ2n) is 15.2. The third-order valence-corrected chi connectivity index (χ3v) is 7.76. The number of hydrogen-bond acceptors (Lipinski definition) is 6. The average Bonchev–Trinajstić information content (AvgIpc) is 3.60. The van der Waals surface area contributed by atoms with Crippen molar-refractivity contribution in [2.45, 2.75) is 139 Å². The van der Waals surface area contributed by atoms with Gasteiger partial charge in [-0.3, -0.25) is 24.0 Å². The number of nitrogens with one attached hydrogen (secondary N) is 4. The van der Waals surface area contributed by atoms with Gasteiger partial charge in [-0.25, -0.2) is 4.79 Å². The molecule has 12 heteroatoms. The smallest absolute Gasteiger partial charge is 0.316 e. The minimum atomic E-state index is -1.17. The van der Waals surface area contributed by atoms with Gasteiger partial charge < -0.3 is 31.9 Å². The standard InChI is InChI=1S/C28H42N6O6.C4H8.C4H10.CH4/c1-16(20(35)22(29)36)30-24(38)19-14-11-15-34(19)25(39)21(27(3,4)5)32-26(40)31-17(2)23(37)33-28(6,7)18-12-9-8-10-13-18;1-4-2-3-4;1-4(2)3;/h8-10,12-13,16-17,19,21H,11,14-15H2,1-7H3,(H2,29,36)(H,30,38)(H,33,37)(H2,31,32,40);4H,2-3H2,1H3;4H,1-3H3;1H4/t16?,17?,19-,21?;;;/m0.../s1. The number of benzene rings is 1. The molecule has 0 bridgehead atoms. The lowest BCUT2D eigenvalue weighted by molar-refractivity contribution is -0.143. The lowest BCUT2D eigenvalue weighted by Crippen LogP contribution is -2.61. The zero-order valence-electron chi connectivity index (χ0n) is 30.9. The van der Waals surface area contributed by atoms with E-state index in [1.165, 1.54) is 24.7 Å². The van der Waals surface area contributed by atoms with E-state index >= 15 is 0 Å². The third kappa shape index (κ3) is 15.9. The Labute approximate surface area is 294 Å². The molecule has 6 amide bonds. The predicted molar refractivity (Wildman–Crippen MR) is 194 cm³/mol. The van der Waals surface area contributed by atoms with Crippen LogP contribution in [-0.2, 0) is 29.5 Å². The van der Waals surface area contributed by atoms with Crippen molar-refractivity contribution < 1.29 is 28.8 Å². The average molecular weight is 689 g/mol. The van der Waals surface area contributed by atoms with Crippen LogP contribution in [0.15, 0.2) is 30.3 Å². The molecule has 2 aliphatic rings. The molecule has 12 nitrogen and oxygen atoms in total. The Morgan fingerprint density at radius 1 is 0.816 bits per heavy atom. The molecule has 1 aromatic carbocycles. The Bertz CT molecular complexity index is 1250. The lowest BCUT2D eigenvalue weighted by atomic mass is 9.85. The van der Waals surface area contributed by atoms with E-state index in [0.717, 1.165) is 17.4 Å². The number of hydrogen-bond donors (Lipinski definition) is 5. The van der Waals surface area contributed by atoms with E-state index in [1.807, 2.05) is 44.2 Å². The number of likely N-dealkylation sites (tertiary alicyclic amines) is 1. The molecule has 1 aliphatic heterocycles. The van der Waals surface area contributed by atoms with Crippen molar-refractivity contribution in [3.05, 3.63) is 35.9 Å². The first-order chi connectivity index (χ1) is 22.1. The van der Waals surface area contributed by atoms with Crippen molar-refractivity contribution in [1.29, 1.82) is 0 Å². The summed E-state index contributed by atoms with van der Waals surface area (Å²) in [5.41, 5.74) is 4.49. The first kappa shape index (κ1) is 45.0. The number of ketones is 1. The molecule has 1 saturated heterocycles. The highest BCUT2D eigenvalue weighted by molar-refractivity contribution is 6.37. The second kappa shape index (κ2) is 19.9. The van der Waals surface area contributed by atoms with Crippen molar-refractivity contribution in [1.82, 2.24) is 26.2 Å². The van der Waals surface area contributed by atoms with Crippen LogP contribution < -0.4 is 27.0 Å². The number of urea groups is 1. The first-order valence-corrected chi connectivity index (χ1v) is 17.0. The molecule has 49 heavy (non-hydrogen) atoms. The monoisotopic (exact) mass is 688 g/mol. The Morgan fingerprint density at radius 2 is 1.33 bits per heavy atom. The summed E-state index contributed by atoms with van der Waals surface area (Å²) in [7, 11) is 0. The topological polar surface area (TPSA) is 180 Å². The van der Waals surface area contributed by atoms with Crippen molar-refractivity contribution in [2.75, 3.05) is 6.54 Å². The van der Waals surface area contributed by atoms with E-state index in [-0.39, 0.29) is 14.0 Å². The van der Waals surface area contributed by atoms with Crippen LogP contribution in [0.3, 0.4) is 0 Å². The Balaban J connectivity index is 0.00000226. The van der Waals surface area contributed by atoms with Crippen LogP contribution in [0.5, 0.6) is 0 Å². The van der Waals surface area contributed by atoms with E-state index < -0.39 is 70.6 Å². The molecule has 1 aromatic rings. The molecule has 1 heterocycles. The molecule has 0 spiro atoms. The minimum Gasteiger partial charge on any atom is -0.363 e. The molecule has 278 valence electrons. The molecule has 3 unspecified atom stereocenters. The fourth-order valence-corrected chi connectivity index (χ4v) is 4.65. The van der Waals surface area contributed by atoms with Crippen molar-refractivity contribution in [2.24, 2.45) is 23.0 Å². The van der Waals surface area contributed by atoms with Crippen LogP contribution in [0.2, 0.25) is 0 Å². The number of rotatable bonds is 10. The van der Waals surface area contributed by atoms with Gasteiger partial charge in [0.2, 0.25) is 23.5 Å². The molecular weight excluding hydrogens is 624 g/mol. The first-order valence-electron chi connectivity index (χ1n) is 17.0. The van der Waals surface area contributed by atoms with Crippen LogP contribution in [0.1, 0.15) is 115 Å². The highest BCUT2D eigenvalue weighted by Crippen LogP contribution is 2.27. The van der Waals surface area contributed by atoms with Crippen LogP contribution >= 0.6 is 0 Å². The summed E-state index contributed by atoms with van der Waals surface area (Å²) >= 11 is 0. The maximum atomic E-state index is 13.6. The maximum Gasteiger partial charge on any atom is 0.316 e. The molecule has 2 fully saturated rings. The van der Waals surface area contributed by atoms with Gasteiger partial charge in [-0.05, 0) is 63.4 Å². The minimum absolute atomic E-state index is 0. The molecule has 3 rings (SSSR count). The van der Waals surface area contributed by atoms with Gasteiger partial charge in [0.25, 0.3) is 5.91 Å². The molecule has 4 atom stereocenters. The Hall–Kier alpha value is -3.96. The summed E-state index contributed by atoms with van der Waals surface area (Å²) < 4.78 is 0. The highest BCUT2D eigenvalue weighted by atomic mass is 16.2. The van der Waals surface area contributed by atoms with Gasteiger partial charge in [0.05, 0.1) is 11.6 Å². The van der Waals surface area contributed by atoms with Gasteiger partial charge in [0.15, 0.2) is 0 Å². The van der Waals surface area contributed by atoms with Gasteiger partial charge in [0, 0.05) is 6.54 Å². The molecule has 1 saturated carbocycles. The number of nitrogens with two attached hydrogens (primary N) is 1.